The average molecular weight is 279 g/mol. The van der Waals surface area contributed by atoms with Crippen LogP contribution < -0.4 is 0 Å². The summed E-state index contributed by atoms with van der Waals surface area (Å²) in [6.07, 6.45) is 1.81. The second kappa shape index (κ2) is 4.74. The minimum absolute atomic E-state index is 0.0756. The number of nitrogens with zero attached hydrogens (tertiary/aromatic N) is 1. The van der Waals surface area contributed by atoms with Crippen LogP contribution >= 0.6 is 24.0 Å². The Morgan fingerprint density at radius 1 is 1.33 bits per heavy atom. The Morgan fingerprint density at radius 3 is 2.33 bits per heavy atom. The maximum absolute atomic E-state index is 11.9. The van der Waals surface area contributed by atoms with Crippen LogP contribution in [0.15, 0.2) is 17.0 Å². The fourth-order valence-electron chi connectivity index (χ4n) is 1.77. The summed E-state index contributed by atoms with van der Waals surface area (Å²) in [5, 5.41) is 9.71. The SMILES string of the molecule is Cc1cc(/C=C2\SC(=S)N(C)C2=O)cc(C)c1O. The number of thioether (sulfide) groups is 1. The second-order valence-corrected chi connectivity index (χ2v) is 5.92. The fourth-order valence-corrected chi connectivity index (χ4v) is 2.95. The molecule has 1 aliphatic heterocycles. The zero-order valence-corrected chi connectivity index (χ0v) is 12.0. The van der Waals surface area contributed by atoms with Gasteiger partial charge in [-0.25, -0.2) is 0 Å². The number of phenols is 1. The highest BCUT2D eigenvalue weighted by Crippen LogP contribution is 2.32. The first-order valence-electron chi connectivity index (χ1n) is 5.42. The Morgan fingerprint density at radius 2 is 1.89 bits per heavy atom. The molecule has 1 fully saturated rings. The summed E-state index contributed by atoms with van der Waals surface area (Å²) in [5.41, 5.74) is 2.50. The van der Waals surface area contributed by atoms with Crippen LogP contribution in [0.1, 0.15) is 16.7 Å². The molecule has 18 heavy (non-hydrogen) atoms. The molecule has 0 radical (unpaired) electrons. The number of aromatic hydroxyl groups is 1. The highest BCUT2D eigenvalue weighted by Gasteiger charge is 2.28. The number of rotatable bonds is 1. The van der Waals surface area contributed by atoms with E-state index in [9.17, 15) is 9.90 Å². The summed E-state index contributed by atoms with van der Waals surface area (Å²) in [4.78, 5) is 13.9. The zero-order chi connectivity index (χ0) is 13.4. The van der Waals surface area contributed by atoms with E-state index in [2.05, 4.69) is 0 Å². The molecule has 1 saturated heterocycles. The van der Waals surface area contributed by atoms with E-state index in [-0.39, 0.29) is 5.91 Å². The standard InChI is InChI=1S/C13H13NO2S2/c1-7-4-9(5-8(2)11(7)15)6-10-12(16)14(3)13(17)18-10/h4-6,15H,1-3H3/b10-6-. The minimum atomic E-state index is -0.0756. The lowest BCUT2D eigenvalue weighted by molar-refractivity contribution is -0.121. The van der Waals surface area contributed by atoms with Gasteiger partial charge in [-0.3, -0.25) is 9.69 Å². The van der Waals surface area contributed by atoms with Gasteiger partial charge in [0.05, 0.1) is 4.91 Å². The molecule has 94 valence electrons. The number of hydrogen-bond donors (Lipinski definition) is 1. The lowest BCUT2D eigenvalue weighted by atomic mass is 10.1. The normalized spacial score (nSPS) is 17.9. The van der Waals surface area contributed by atoms with Gasteiger partial charge in [0, 0.05) is 7.05 Å². The van der Waals surface area contributed by atoms with Crippen molar-refractivity contribution >= 4 is 40.3 Å². The number of thiocarbonyl (C=S) groups is 1. The quantitative estimate of drug-likeness (QED) is 0.634. The predicted molar refractivity (Wildman–Crippen MR) is 78.5 cm³/mol. The van der Waals surface area contributed by atoms with Gasteiger partial charge in [-0.05, 0) is 48.7 Å². The molecule has 0 atom stereocenters. The third-order valence-corrected chi connectivity index (χ3v) is 4.28. The van der Waals surface area contributed by atoms with E-state index in [4.69, 9.17) is 12.2 Å². The molecular formula is C13H13NO2S2. The highest BCUT2D eigenvalue weighted by molar-refractivity contribution is 8.26. The molecule has 1 N–H and O–H groups in total. The molecule has 1 heterocycles. The molecular weight excluding hydrogens is 266 g/mol. The van der Waals surface area contributed by atoms with Gasteiger partial charge in [0.1, 0.15) is 10.1 Å². The Balaban J connectivity index is 2.40. The van der Waals surface area contributed by atoms with Gasteiger partial charge in [-0.2, -0.15) is 0 Å². The van der Waals surface area contributed by atoms with Crippen molar-refractivity contribution in [1.29, 1.82) is 0 Å². The molecule has 1 aromatic rings. The number of hydrogen-bond acceptors (Lipinski definition) is 4. The third kappa shape index (κ3) is 2.28. The summed E-state index contributed by atoms with van der Waals surface area (Å²) in [5.74, 6) is 0.226. The Bertz CT molecular complexity index is 555. The first kappa shape index (κ1) is 13.1. The summed E-state index contributed by atoms with van der Waals surface area (Å²) >= 11 is 6.37. The van der Waals surface area contributed by atoms with Crippen molar-refractivity contribution in [3.63, 3.8) is 0 Å². The van der Waals surface area contributed by atoms with Gasteiger partial charge in [0.2, 0.25) is 0 Å². The molecule has 1 aliphatic rings. The monoisotopic (exact) mass is 279 g/mol. The molecule has 1 aromatic carbocycles. The highest BCUT2D eigenvalue weighted by atomic mass is 32.2. The zero-order valence-electron chi connectivity index (χ0n) is 10.4. The molecule has 0 aliphatic carbocycles. The smallest absolute Gasteiger partial charge is 0.265 e. The van der Waals surface area contributed by atoms with E-state index in [1.165, 1.54) is 16.7 Å². The molecule has 0 spiro atoms. The van der Waals surface area contributed by atoms with Crippen molar-refractivity contribution in [2.45, 2.75) is 13.8 Å². The largest absolute Gasteiger partial charge is 0.507 e. The number of benzene rings is 1. The van der Waals surface area contributed by atoms with Crippen LogP contribution in [-0.4, -0.2) is 27.3 Å². The summed E-state index contributed by atoms with van der Waals surface area (Å²) in [7, 11) is 1.67. The molecule has 0 bridgehead atoms. The van der Waals surface area contributed by atoms with E-state index < -0.39 is 0 Å². The maximum atomic E-state index is 11.9. The fraction of sp³-hybridized carbons (Fsp3) is 0.231. The van der Waals surface area contributed by atoms with Gasteiger partial charge in [-0.1, -0.05) is 24.0 Å². The Labute approximate surface area is 115 Å². The Hall–Kier alpha value is -1.33. The number of phenolic OH excluding ortho intramolecular Hbond substituents is 1. The van der Waals surface area contributed by atoms with E-state index in [1.54, 1.807) is 7.05 Å². The number of likely N-dealkylation sites (N-methyl/N-ethyl adjacent to an activating group) is 1. The number of amides is 1. The van der Waals surface area contributed by atoms with Gasteiger partial charge in [0.25, 0.3) is 5.91 Å². The molecule has 0 saturated carbocycles. The van der Waals surface area contributed by atoms with Crippen molar-refractivity contribution in [1.82, 2.24) is 4.90 Å². The van der Waals surface area contributed by atoms with Crippen LogP contribution in [0.2, 0.25) is 0 Å². The van der Waals surface area contributed by atoms with Crippen molar-refractivity contribution in [3.8, 4) is 5.75 Å². The van der Waals surface area contributed by atoms with Crippen LogP contribution in [0, 0.1) is 13.8 Å². The van der Waals surface area contributed by atoms with Gasteiger partial charge in [0.15, 0.2) is 0 Å². The van der Waals surface area contributed by atoms with Crippen molar-refractivity contribution in [2.75, 3.05) is 7.05 Å². The summed E-state index contributed by atoms with van der Waals surface area (Å²) in [6.45, 7) is 3.68. The van der Waals surface area contributed by atoms with E-state index in [0.29, 0.717) is 15.0 Å². The van der Waals surface area contributed by atoms with E-state index in [0.717, 1.165) is 16.7 Å². The predicted octanol–water partition coefficient (Wildman–Crippen LogP) is 2.84. The first-order valence-corrected chi connectivity index (χ1v) is 6.64. The van der Waals surface area contributed by atoms with Crippen LogP contribution in [0.5, 0.6) is 5.75 Å². The summed E-state index contributed by atoms with van der Waals surface area (Å²) in [6, 6.07) is 3.70. The first-order chi connectivity index (χ1) is 8.40. The van der Waals surface area contributed by atoms with Gasteiger partial charge < -0.3 is 5.11 Å². The molecule has 0 aromatic heterocycles. The third-order valence-electron chi connectivity index (χ3n) is 2.80. The molecule has 5 heteroatoms. The number of carbonyl (C=O) groups is 1. The van der Waals surface area contributed by atoms with Crippen LogP contribution in [-0.2, 0) is 4.79 Å². The number of carbonyl (C=O) groups excluding carboxylic acids is 1. The van der Waals surface area contributed by atoms with Crippen molar-refractivity contribution < 1.29 is 9.90 Å². The topological polar surface area (TPSA) is 40.5 Å². The van der Waals surface area contributed by atoms with Gasteiger partial charge in [-0.15, -0.1) is 0 Å². The van der Waals surface area contributed by atoms with Crippen LogP contribution in [0.4, 0.5) is 0 Å². The average Bonchev–Trinajstić information content (AvgIpc) is 2.54. The molecule has 2 rings (SSSR count). The van der Waals surface area contributed by atoms with Crippen molar-refractivity contribution in [3.05, 3.63) is 33.7 Å². The lowest BCUT2D eigenvalue weighted by Gasteiger charge is -2.05. The maximum Gasteiger partial charge on any atom is 0.265 e. The molecule has 0 unspecified atom stereocenters. The molecule has 3 nitrogen and oxygen atoms in total. The van der Waals surface area contributed by atoms with Crippen LogP contribution in [0.3, 0.4) is 0 Å². The number of aryl methyl sites for hydroxylation is 2. The lowest BCUT2D eigenvalue weighted by Crippen LogP contribution is -2.22. The second-order valence-electron chi connectivity index (χ2n) is 4.24. The van der Waals surface area contributed by atoms with E-state index >= 15 is 0 Å². The molecule has 1 amide bonds. The van der Waals surface area contributed by atoms with Crippen LogP contribution in [0.25, 0.3) is 6.08 Å². The van der Waals surface area contributed by atoms with E-state index in [1.807, 2.05) is 32.1 Å². The van der Waals surface area contributed by atoms with Gasteiger partial charge >= 0.3 is 0 Å². The summed E-state index contributed by atoms with van der Waals surface area (Å²) < 4.78 is 0.568. The minimum Gasteiger partial charge on any atom is -0.507 e. The van der Waals surface area contributed by atoms with Crippen molar-refractivity contribution in [2.24, 2.45) is 0 Å². The Kier molecular flexibility index (Phi) is 3.45.